The lowest BCUT2D eigenvalue weighted by atomic mass is 9.82. The van der Waals surface area contributed by atoms with Crippen LogP contribution in [0.25, 0.3) is 0 Å². The minimum absolute atomic E-state index is 0.261. The zero-order valence-electron chi connectivity index (χ0n) is 12.5. The SMILES string of the molecule is CC1(CNC(=O)CC2CCCCCC2)CCCNC1. The van der Waals surface area contributed by atoms with E-state index in [9.17, 15) is 4.79 Å². The molecule has 3 nitrogen and oxygen atoms in total. The minimum atomic E-state index is 0.261. The summed E-state index contributed by atoms with van der Waals surface area (Å²) in [5.41, 5.74) is 0.261. The van der Waals surface area contributed by atoms with Crippen molar-refractivity contribution in [2.75, 3.05) is 19.6 Å². The molecule has 0 bridgehead atoms. The minimum Gasteiger partial charge on any atom is -0.356 e. The van der Waals surface area contributed by atoms with Crippen molar-refractivity contribution in [1.29, 1.82) is 0 Å². The zero-order chi connectivity index (χ0) is 13.6. The van der Waals surface area contributed by atoms with Crippen LogP contribution in [0.2, 0.25) is 0 Å². The number of nitrogens with one attached hydrogen (secondary N) is 2. The van der Waals surface area contributed by atoms with Gasteiger partial charge in [-0.15, -0.1) is 0 Å². The molecule has 2 aliphatic rings. The Hall–Kier alpha value is -0.570. The summed E-state index contributed by atoms with van der Waals surface area (Å²) in [5.74, 6) is 0.915. The number of amides is 1. The van der Waals surface area contributed by atoms with Gasteiger partial charge >= 0.3 is 0 Å². The van der Waals surface area contributed by atoms with Crippen LogP contribution < -0.4 is 10.6 Å². The molecule has 0 aromatic carbocycles. The van der Waals surface area contributed by atoms with Gasteiger partial charge in [-0.1, -0.05) is 32.6 Å². The molecule has 1 saturated heterocycles. The molecule has 1 atom stereocenters. The molecule has 0 spiro atoms. The van der Waals surface area contributed by atoms with E-state index in [1.807, 2.05) is 0 Å². The van der Waals surface area contributed by atoms with E-state index in [-0.39, 0.29) is 11.3 Å². The number of carbonyl (C=O) groups excluding carboxylic acids is 1. The Morgan fingerprint density at radius 1 is 1.21 bits per heavy atom. The fourth-order valence-electron chi connectivity index (χ4n) is 3.48. The maximum atomic E-state index is 12.1. The Labute approximate surface area is 117 Å². The maximum Gasteiger partial charge on any atom is 0.220 e. The highest BCUT2D eigenvalue weighted by Crippen LogP contribution is 2.26. The van der Waals surface area contributed by atoms with E-state index in [1.54, 1.807) is 0 Å². The van der Waals surface area contributed by atoms with E-state index in [0.29, 0.717) is 5.92 Å². The average Bonchev–Trinajstić information content (AvgIpc) is 2.66. The molecular weight excluding hydrogens is 236 g/mol. The monoisotopic (exact) mass is 266 g/mol. The Bertz CT molecular complexity index is 276. The largest absolute Gasteiger partial charge is 0.356 e. The molecule has 1 unspecified atom stereocenters. The quantitative estimate of drug-likeness (QED) is 0.768. The third kappa shape index (κ3) is 5.13. The van der Waals surface area contributed by atoms with Crippen molar-refractivity contribution in [3.63, 3.8) is 0 Å². The van der Waals surface area contributed by atoms with Crippen molar-refractivity contribution in [2.45, 2.75) is 64.7 Å². The van der Waals surface area contributed by atoms with Crippen molar-refractivity contribution in [3.05, 3.63) is 0 Å². The second kappa shape index (κ2) is 7.28. The second-order valence-electron chi connectivity index (χ2n) is 6.93. The summed E-state index contributed by atoms with van der Waals surface area (Å²) in [4.78, 5) is 12.1. The molecule has 1 aliphatic heterocycles. The molecule has 2 rings (SSSR count). The summed E-state index contributed by atoms with van der Waals surface area (Å²) in [6.45, 7) is 5.29. The summed E-state index contributed by atoms with van der Waals surface area (Å²) in [7, 11) is 0. The van der Waals surface area contributed by atoms with Gasteiger partial charge in [-0.2, -0.15) is 0 Å². The van der Waals surface area contributed by atoms with E-state index in [4.69, 9.17) is 0 Å². The first-order valence-corrected chi connectivity index (χ1v) is 8.15. The van der Waals surface area contributed by atoms with E-state index in [1.165, 1.54) is 51.4 Å². The lowest BCUT2D eigenvalue weighted by molar-refractivity contribution is -0.122. The van der Waals surface area contributed by atoms with Crippen molar-refractivity contribution < 1.29 is 4.79 Å². The van der Waals surface area contributed by atoms with Gasteiger partial charge < -0.3 is 10.6 Å². The summed E-state index contributed by atoms with van der Waals surface area (Å²) in [6.07, 6.45) is 11.1. The van der Waals surface area contributed by atoms with Gasteiger partial charge in [-0.05, 0) is 43.6 Å². The fraction of sp³-hybridized carbons (Fsp3) is 0.938. The molecule has 2 fully saturated rings. The number of hydrogen-bond acceptors (Lipinski definition) is 2. The Kier molecular flexibility index (Phi) is 5.68. The first-order valence-electron chi connectivity index (χ1n) is 8.15. The van der Waals surface area contributed by atoms with Crippen LogP contribution in [0.4, 0.5) is 0 Å². The molecule has 19 heavy (non-hydrogen) atoms. The average molecular weight is 266 g/mol. The molecule has 0 aromatic heterocycles. The molecule has 2 N–H and O–H groups in total. The molecule has 0 radical (unpaired) electrons. The number of carbonyl (C=O) groups is 1. The maximum absolute atomic E-state index is 12.1. The molecular formula is C16H30N2O. The topological polar surface area (TPSA) is 41.1 Å². The standard InChI is InChI=1S/C16H30N2O/c1-16(9-6-10-17-12-16)13-18-15(19)11-14-7-4-2-3-5-8-14/h14,17H,2-13H2,1H3,(H,18,19). The van der Waals surface area contributed by atoms with Gasteiger partial charge in [-0.25, -0.2) is 0 Å². The van der Waals surface area contributed by atoms with Crippen molar-refractivity contribution in [2.24, 2.45) is 11.3 Å². The van der Waals surface area contributed by atoms with E-state index < -0.39 is 0 Å². The van der Waals surface area contributed by atoms with Crippen LogP contribution >= 0.6 is 0 Å². The summed E-state index contributed by atoms with van der Waals surface area (Å²) < 4.78 is 0. The van der Waals surface area contributed by atoms with Crippen LogP contribution in [0.3, 0.4) is 0 Å². The highest BCUT2D eigenvalue weighted by molar-refractivity contribution is 5.76. The van der Waals surface area contributed by atoms with Crippen LogP contribution in [0, 0.1) is 11.3 Å². The predicted molar refractivity (Wildman–Crippen MR) is 79.0 cm³/mol. The van der Waals surface area contributed by atoms with Crippen molar-refractivity contribution in [3.8, 4) is 0 Å². The molecule has 1 heterocycles. The molecule has 110 valence electrons. The van der Waals surface area contributed by atoms with E-state index >= 15 is 0 Å². The number of rotatable bonds is 4. The Balaban J connectivity index is 1.68. The third-order valence-corrected chi connectivity index (χ3v) is 4.85. The Morgan fingerprint density at radius 2 is 1.95 bits per heavy atom. The van der Waals surface area contributed by atoms with E-state index in [0.717, 1.165) is 26.1 Å². The lowest BCUT2D eigenvalue weighted by Crippen LogP contribution is -2.45. The van der Waals surface area contributed by atoms with Crippen LogP contribution in [0.5, 0.6) is 0 Å². The summed E-state index contributed by atoms with van der Waals surface area (Å²) in [6, 6.07) is 0. The van der Waals surface area contributed by atoms with Crippen LogP contribution in [0.15, 0.2) is 0 Å². The lowest BCUT2D eigenvalue weighted by Gasteiger charge is -2.34. The first-order chi connectivity index (χ1) is 9.18. The van der Waals surface area contributed by atoms with Crippen LogP contribution in [-0.4, -0.2) is 25.5 Å². The molecule has 3 heteroatoms. The van der Waals surface area contributed by atoms with E-state index in [2.05, 4.69) is 17.6 Å². The Morgan fingerprint density at radius 3 is 2.58 bits per heavy atom. The third-order valence-electron chi connectivity index (χ3n) is 4.85. The summed E-state index contributed by atoms with van der Waals surface area (Å²) in [5, 5.41) is 6.62. The van der Waals surface area contributed by atoms with Gasteiger partial charge in [0.1, 0.15) is 0 Å². The van der Waals surface area contributed by atoms with Gasteiger partial charge in [0, 0.05) is 19.5 Å². The molecule has 1 saturated carbocycles. The summed E-state index contributed by atoms with van der Waals surface area (Å²) >= 11 is 0. The number of hydrogen-bond donors (Lipinski definition) is 2. The van der Waals surface area contributed by atoms with Gasteiger partial charge in [0.25, 0.3) is 0 Å². The van der Waals surface area contributed by atoms with Crippen molar-refractivity contribution >= 4 is 5.91 Å². The molecule has 0 aromatic rings. The fourth-order valence-corrected chi connectivity index (χ4v) is 3.48. The van der Waals surface area contributed by atoms with Gasteiger partial charge in [-0.3, -0.25) is 4.79 Å². The van der Waals surface area contributed by atoms with Crippen LogP contribution in [0.1, 0.15) is 64.7 Å². The number of piperidine rings is 1. The van der Waals surface area contributed by atoms with Crippen molar-refractivity contribution in [1.82, 2.24) is 10.6 Å². The molecule has 1 amide bonds. The van der Waals surface area contributed by atoms with Gasteiger partial charge in [0.05, 0.1) is 0 Å². The second-order valence-corrected chi connectivity index (χ2v) is 6.93. The highest BCUT2D eigenvalue weighted by Gasteiger charge is 2.27. The first kappa shape index (κ1) is 14.8. The van der Waals surface area contributed by atoms with Crippen LogP contribution in [-0.2, 0) is 4.79 Å². The smallest absolute Gasteiger partial charge is 0.220 e. The predicted octanol–water partition coefficient (Wildman–Crippen LogP) is 2.85. The highest BCUT2D eigenvalue weighted by atomic mass is 16.1. The normalized spacial score (nSPS) is 29.7. The molecule has 1 aliphatic carbocycles. The van der Waals surface area contributed by atoms with Gasteiger partial charge in [0.15, 0.2) is 0 Å². The van der Waals surface area contributed by atoms with Gasteiger partial charge in [0.2, 0.25) is 5.91 Å². The zero-order valence-corrected chi connectivity index (χ0v) is 12.5.